The Morgan fingerprint density at radius 1 is 0.968 bits per heavy atom. The highest BCUT2D eigenvalue weighted by molar-refractivity contribution is 7.92. The zero-order chi connectivity index (χ0) is 22.4. The molecule has 3 rings (SSSR count). The SMILES string of the molecule is CC[C@@H](C(=O)Nc1ccc(Oc2ccccc2)cc1)N(c1ccccc1F)S(C)(=O)=O. The van der Waals surface area contributed by atoms with Crippen molar-refractivity contribution in [2.45, 2.75) is 19.4 Å². The molecule has 0 fully saturated rings. The number of carbonyl (C=O) groups is 1. The monoisotopic (exact) mass is 442 g/mol. The fourth-order valence-corrected chi connectivity index (χ4v) is 4.33. The number of benzene rings is 3. The maximum absolute atomic E-state index is 14.3. The average molecular weight is 443 g/mol. The lowest BCUT2D eigenvalue weighted by Gasteiger charge is -2.30. The minimum Gasteiger partial charge on any atom is -0.457 e. The second-order valence-electron chi connectivity index (χ2n) is 6.86. The Morgan fingerprint density at radius 2 is 1.55 bits per heavy atom. The van der Waals surface area contributed by atoms with Crippen LogP contribution in [0.4, 0.5) is 15.8 Å². The molecule has 8 heteroatoms. The zero-order valence-corrected chi connectivity index (χ0v) is 18.0. The third kappa shape index (κ3) is 5.61. The number of nitrogens with one attached hydrogen (secondary N) is 1. The average Bonchev–Trinajstić information content (AvgIpc) is 2.74. The van der Waals surface area contributed by atoms with Crippen LogP contribution in [-0.4, -0.2) is 26.6 Å². The summed E-state index contributed by atoms with van der Waals surface area (Å²) in [6, 6.07) is 20.3. The summed E-state index contributed by atoms with van der Waals surface area (Å²) in [7, 11) is -3.92. The van der Waals surface area contributed by atoms with E-state index in [1.165, 1.54) is 18.2 Å². The van der Waals surface area contributed by atoms with Crippen LogP contribution in [0.15, 0.2) is 78.9 Å². The van der Waals surface area contributed by atoms with Crippen molar-refractivity contribution in [3.05, 3.63) is 84.7 Å². The Hall–Kier alpha value is -3.39. The highest BCUT2D eigenvalue weighted by Crippen LogP contribution is 2.27. The molecule has 0 aliphatic heterocycles. The molecule has 0 radical (unpaired) electrons. The second kappa shape index (κ2) is 9.61. The van der Waals surface area contributed by atoms with Crippen molar-refractivity contribution in [1.29, 1.82) is 0 Å². The van der Waals surface area contributed by atoms with Crippen LogP contribution in [-0.2, 0) is 14.8 Å². The molecule has 1 atom stereocenters. The largest absolute Gasteiger partial charge is 0.457 e. The fourth-order valence-electron chi connectivity index (χ4n) is 3.12. The van der Waals surface area contributed by atoms with Crippen molar-refractivity contribution in [1.82, 2.24) is 0 Å². The van der Waals surface area contributed by atoms with E-state index < -0.39 is 27.8 Å². The molecule has 0 aliphatic rings. The smallest absolute Gasteiger partial charge is 0.248 e. The molecule has 0 saturated carbocycles. The third-order valence-corrected chi connectivity index (χ3v) is 5.69. The van der Waals surface area contributed by atoms with Gasteiger partial charge in [0.15, 0.2) is 0 Å². The number of anilines is 2. The summed E-state index contributed by atoms with van der Waals surface area (Å²) in [6.45, 7) is 1.67. The number of para-hydroxylation sites is 2. The Kier molecular flexibility index (Phi) is 6.91. The summed E-state index contributed by atoms with van der Waals surface area (Å²) < 4.78 is 45.7. The van der Waals surface area contributed by atoms with Crippen molar-refractivity contribution in [2.75, 3.05) is 15.9 Å². The minimum absolute atomic E-state index is 0.155. The summed E-state index contributed by atoms with van der Waals surface area (Å²) in [5.41, 5.74) is 0.296. The molecule has 0 aliphatic carbocycles. The fraction of sp³-hybridized carbons (Fsp3) is 0.174. The van der Waals surface area contributed by atoms with Gasteiger partial charge in [0.25, 0.3) is 0 Å². The van der Waals surface area contributed by atoms with Crippen molar-refractivity contribution >= 4 is 27.3 Å². The van der Waals surface area contributed by atoms with Crippen molar-refractivity contribution in [3.8, 4) is 11.5 Å². The third-order valence-electron chi connectivity index (χ3n) is 4.52. The molecular formula is C23H23FN2O4S. The predicted octanol–water partition coefficient (Wildman–Crippen LogP) is 4.80. The summed E-state index contributed by atoms with van der Waals surface area (Å²) in [6.07, 6.45) is 1.10. The van der Waals surface area contributed by atoms with Gasteiger partial charge in [-0.25, -0.2) is 12.8 Å². The van der Waals surface area contributed by atoms with Gasteiger partial charge < -0.3 is 10.1 Å². The van der Waals surface area contributed by atoms with Crippen LogP contribution < -0.4 is 14.4 Å². The molecule has 0 spiro atoms. The number of sulfonamides is 1. The lowest BCUT2D eigenvalue weighted by molar-refractivity contribution is -0.117. The molecule has 0 saturated heterocycles. The van der Waals surface area contributed by atoms with E-state index in [4.69, 9.17) is 4.74 Å². The van der Waals surface area contributed by atoms with E-state index in [0.717, 1.165) is 16.6 Å². The van der Waals surface area contributed by atoms with E-state index in [-0.39, 0.29) is 12.1 Å². The first-order valence-electron chi connectivity index (χ1n) is 9.67. The number of halogens is 1. The van der Waals surface area contributed by atoms with E-state index in [0.29, 0.717) is 17.2 Å². The highest BCUT2D eigenvalue weighted by Gasteiger charge is 2.33. The van der Waals surface area contributed by atoms with Gasteiger partial charge in [-0.1, -0.05) is 37.3 Å². The van der Waals surface area contributed by atoms with Gasteiger partial charge in [0.1, 0.15) is 23.4 Å². The van der Waals surface area contributed by atoms with Crippen molar-refractivity contribution in [3.63, 3.8) is 0 Å². The molecule has 3 aromatic carbocycles. The molecule has 1 amide bonds. The van der Waals surface area contributed by atoms with Crippen LogP contribution in [0, 0.1) is 5.82 Å². The van der Waals surface area contributed by atoms with Gasteiger partial charge in [-0.2, -0.15) is 0 Å². The number of hydrogen-bond acceptors (Lipinski definition) is 4. The lowest BCUT2D eigenvalue weighted by atomic mass is 10.1. The first-order chi connectivity index (χ1) is 14.8. The molecule has 0 bridgehead atoms. The number of nitrogens with zero attached hydrogens (tertiary/aromatic N) is 1. The number of amides is 1. The molecule has 3 aromatic rings. The van der Waals surface area contributed by atoms with E-state index in [1.54, 1.807) is 31.2 Å². The van der Waals surface area contributed by atoms with Crippen molar-refractivity contribution in [2.24, 2.45) is 0 Å². The van der Waals surface area contributed by atoms with E-state index in [2.05, 4.69) is 5.32 Å². The van der Waals surface area contributed by atoms with Gasteiger partial charge in [0.05, 0.1) is 11.9 Å². The number of carbonyl (C=O) groups excluding carboxylic acids is 1. The molecule has 6 nitrogen and oxygen atoms in total. The molecule has 0 unspecified atom stereocenters. The molecule has 31 heavy (non-hydrogen) atoms. The Bertz CT molecular complexity index is 1140. The van der Waals surface area contributed by atoms with Crippen LogP contribution in [0.5, 0.6) is 11.5 Å². The van der Waals surface area contributed by atoms with Gasteiger partial charge in [0, 0.05) is 5.69 Å². The Morgan fingerprint density at radius 3 is 2.13 bits per heavy atom. The standard InChI is InChI=1S/C23H23FN2O4S/c1-3-21(26(31(2,28)29)22-12-8-7-11-20(22)24)23(27)25-17-13-15-19(16-14-17)30-18-9-5-4-6-10-18/h4-16,21H,3H2,1-2H3,(H,25,27)/t21-/m0/s1. The maximum atomic E-state index is 14.3. The lowest BCUT2D eigenvalue weighted by Crippen LogP contribution is -2.47. The summed E-state index contributed by atoms with van der Waals surface area (Å²) in [4.78, 5) is 12.9. The van der Waals surface area contributed by atoms with Gasteiger partial charge >= 0.3 is 0 Å². The first-order valence-corrected chi connectivity index (χ1v) is 11.5. The topological polar surface area (TPSA) is 75.7 Å². The first kappa shape index (κ1) is 22.3. The quantitative estimate of drug-likeness (QED) is 0.544. The molecule has 162 valence electrons. The summed E-state index contributed by atoms with van der Waals surface area (Å²) in [5, 5.41) is 2.70. The van der Waals surface area contributed by atoms with E-state index >= 15 is 0 Å². The van der Waals surface area contributed by atoms with Gasteiger partial charge in [-0.3, -0.25) is 9.10 Å². The minimum atomic E-state index is -3.92. The molecule has 0 aromatic heterocycles. The van der Waals surface area contributed by atoms with Crippen LogP contribution >= 0.6 is 0 Å². The summed E-state index contributed by atoms with van der Waals surface area (Å²) in [5.74, 6) is -0.0196. The highest BCUT2D eigenvalue weighted by atomic mass is 32.2. The van der Waals surface area contributed by atoms with Gasteiger partial charge in [0.2, 0.25) is 15.9 Å². The van der Waals surface area contributed by atoms with Crippen LogP contribution in [0.1, 0.15) is 13.3 Å². The number of rotatable bonds is 8. The molecule has 0 heterocycles. The molecular weight excluding hydrogens is 419 g/mol. The normalized spacial score (nSPS) is 12.1. The second-order valence-corrected chi connectivity index (χ2v) is 8.72. The summed E-state index contributed by atoms with van der Waals surface area (Å²) >= 11 is 0. The molecule has 1 N–H and O–H groups in total. The van der Waals surface area contributed by atoms with Crippen molar-refractivity contribution < 1.29 is 22.3 Å². The van der Waals surface area contributed by atoms with Crippen LogP contribution in [0.2, 0.25) is 0 Å². The number of ether oxygens (including phenoxy) is 1. The van der Waals surface area contributed by atoms with Crippen LogP contribution in [0.3, 0.4) is 0 Å². The van der Waals surface area contributed by atoms with E-state index in [1.807, 2.05) is 30.3 Å². The maximum Gasteiger partial charge on any atom is 0.248 e. The predicted molar refractivity (Wildman–Crippen MR) is 119 cm³/mol. The van der Waals surface area contributed by atoms with Crippen LogP contribution in [0.25, 0.3) is 0 Å². The Labute approximate surface area is 181 Å². The number of hydrogen-bond donors (Lipinski definition) is 1. The zero-order valence-electron chi connectivity index (χ0n) is 17.2. The Balaban J connectivity index is 1.79. The van der Waals surface area contributed by atoms with Gasteiger partial charge in [-0.05, 0) is 55.0 Å². The van der Waals surface area contributed by atoms with E-state index in [9.17, 15) is 17.6 Å². The van der Waals surface area contributed by atoms with Gasteiger partial charge in [-0.15, -0.1) is 0 Å².